The first-order valence-corrected chi connectivity index (χ1v) is 10.5. The van der Waals surface area contributed by atoms with Crippen molar-refractivity contribution in [3.05, 3.63) is 34.9 Å². The molecule has 0 spiro atoms. The van der Waals surface area contributed by atoms with Gasteiger partial charge in [0.1, 0.15) is 0 Å². The van der Waals surface area contributed by atoms with Gasteiger partial charge in [-0.3, -0.25) is 0 Å². The number of piperidine rings is 1. The minimum atomic E-state index is -3.33. The van der Waals surface area contributed by atoms with Crippen LogP contribution in [0.2, 0.25) is 5.02 Å². The molecule has 1 atom stereocenters. The highest BCUT2D eigenvalue weighted by Gasteiger charge is 2.20. The van der Waals surface area contributed by atoms with Crippen molar-refractivity contribution < 1.29 is 8.42 Å². The van der Waals surface area contributed by atoms with E-state index in [0.717, 1.165) is 19.5 Å². The third-order valence-electron chi connectivity index (χ3n) is 4.47. The lowest BCUT2D eigenvalue weighted by Crippen LogP contribution is -2.40. The molecule has 1 aliphatic rings. The molecule has 1 fully saturated rings. The largest absolute Gasteiger partial charge is 0.300 e. The number of halogens is 1. The molecule has 1 saturated heterocycles. The van der Waals surface area contributed by atoms with Crippen LogP contribution in [0.5, 0.6) is 0 Å². The lowest BCUT2D eigenvalue weighted by molar-refractivity contribution is 0.143. The van der Waals surface area contributed by atoms with Gasteiger partial charge in [0.25, 0.3) is 0 Å². The number of sulfonamides is 1. The Hall–Kier alpha value is -0.620. The van der Waals surface area contributed by atoms with Crippen LogP contribution in [0.1, 0.15) is 44.6 Å². The molecule has 130 valence electrons. The van der Waals surface area contributed by atoms with E-state index in [1.807, 2.05) is 0 Å². The summed E-state index contributed by atoms with van der Waals surface area (Å²) in [6.45, 7) is 4.83. The molecule has 0 bridgehead atoms. The third kappa shape index (κ3) is 6.07. The summed E-state index contributed by atoms with van der Waals surface area (Å²) in [5, 5.41) is 0.497. The second-order valence-corrected chi connectivity index (χ2v) is 8.41. The van der Waals surface area contributed by atoms with E-state index in [9.17, 15) is 8.42 Å². The molecule has 0 radical (unpaired) electrons. The summed E-state index contributed by atoms with van der Waals surface area (Å²) >= 11 is 6.03. The van der Waals surface area contributed by atoms with Gasteiger partial charge in [-0.2, -0.15) is 0 Å². The van der Waals surface area contributed by atoms with Crippen LogP contribution in [0.25, 0.3) is 0 Å². The molecule has 23 heavy (non-hydrogen) atoms. The number of likely N-dealkylation sites (tertiary alicyclic amines) is 1. The second kappa shape index (κ2) is 9.02. The average molecular weight is 359 g/mol. The lowest BCUT2D eigenvalue weighted by atomic mass is 10.00. The Morgan fingerprint density at radius 1 is 1.30 bits per heavy atom. The zero-order valence-corrected chi connectivity index (χ0v) is 15.4. The van der Waals surface area contributed by atoms with Gasteiger partial charge in [-0.05, 0) is 50.4 Å². The highest BCUT2D eigenvalue weighted by Crippen LogP contribution is 2.19. The Labute approximate surface area is 145 Å². The van der Waals surface area contributed by atoms with Crippen molar-refractivity contribution >= 4 is 21.6 Å². The maximum absolute atomic E-state index is 12.1. The Bertz CT molecular complexity index is 592. The topological polar surface area (TPSA) is 49.4 Å². The lowest BCUT2D eigenvalue weighted by Gasteiger charge is -2.35. The van der Waals surface area contributed by atoms with Gasteiger partial charge in [0, 0.05) is 17.6 Å². The van der Waals surface area contributed by atoms with E-state index in [1.54, 1.807) is 24.3 Å². The quantitative estimate of drug-likeness (QED) is 0.724. The van der Waals surface area contributed by atoms with Crippen LogP contribution in [-0.4, -0.2) is 39.0 Å². The Morgan fingerprint density at radius 2 is 2.09 bits per heavy atom. The molecule has 1 heterocycles. The normalized spacial score (nSPS) is 19.8. The molecule has 4 nitrogen and oxygen atoms in total. The number of nitrogens with zero attached hydrogens (tertiary/aromatic N) is 1. The predicted molar refractivity (Wildman–Crippen MR) is 96.2 cm³/mol. The molecule has 1 aromatic rings. The van der Waals surface area contributed by atoms with E-state index in [4.69, 9.17) is 11.6 Å². The Morgan fingerprint density at radius 3 is 2.83 bits per heavy atom. The van der Waals surface area contributed by atoms with E-state index < -0.39 is 10.0 Å². The van der Waals surface area contributed by atoms with Crippen LogP contribution in [0, 0.1) is 0 Å². The van der Waals surface area contributed by atoms with Crippen LogP contribution >= 0.6 is 11.6 Å². The van der Waals surface area contributed by atoms with Crippen LogP contribution < -0.4 is 4.72 Å². The van der Waals surface area contributed by atoms with E-state index >= 15 is 0 Å². The summed E-state index contributed by atoms with van der Waals surface area (Å²) in [7, 11) is -3.33. The molecule has 1 unspecified atom stereocenters. The molecule has 2 rings (SSSR count). The number of hydrogen-bond donors (Lipinski definition) is 1. The molecule has 1 aliphatic heterocycles. The molecule has 0 aliphatic carbocycles. The minimum absolute atomic E-state index is 0.0615. The molecule has 0 saturated carbocycles. The van der Waals surface area contributed by atoms with Crippen molar-refractivity contribution in [3.8, 4) is 0 Å². The monoisotopic (exact) mass is 358 g/mol. The molecule has 6 heteroatoms. The fraction of sp³-hybridized carbons (Fsp3) is 0.647. The number of hydrogen-bond acceptors (Lipinski definition) is 3. The van der Waals surface area contributed by atoms with Crippen molar-refractivity contribution in [1.82, 2.24) is 9.62 Å². The summed E-state index contributed by atoms with van der Waals surface area (Å²) in [4.78, 5) is 2.51. The van der Waals surface area contributed by atoms with Gasteiger partial charge in [0.15, 0.2) is 0 Å². The summed E-state index contributed by atoms with van der Waals surface area (Å²) in [6, 6.07) is 7.74. The zero-order chi connectivity index (χ0) is 16.7. The second-order valence-electron chi connectivity index (χ2n) is 6.19. The number of benzene rings is 1. The van der Waals surface area contributed by atoms with Crippen molar-refractivity contribution in [1.29, 1.82) is 0 Å². The molecular weight excluding hydrogens is 332 g/mol. The van der Waals surface area contributed by atoms with Gasteiger partial charge in [0.05, 0.1) is 5.75 Å². The molecule has 0 aromatic heterocycles. The number of rotatable bonds is 8. The van der Waals surface area contributed by atoms with Crippen molar-refractivity contribution in [2.45, 2.75) is 50.8 Å². The van der Waals surface area contributed by atoms with Gasteiger partial charge in [-0.25, -0.2) is 13.1 Å². The van der Waals surface area contributed by atoms with Crippen LogP contribution in [-0.2, 0) is 15.8 Å². The first-order chi connectivity index (χ1) is 11.0. The smallest absolute Gasteiger partial charge is 0.215 e. The molecule has 1 aromatic carbocycles. The van der Waals surface area contributed by atoms with Crippen LogP contribution in [0.3, 0.4) is 0 Å². The van der Waals surface area contributed by atoms with E-state index in [0.29, 0.717) is 23.2 Å². The summed E-state index contributed by atoms with van der Waals surface area (Å²) in [5.74, 6) is -0.0615. The van der Waals surface area contributed by atoms with Crippen molar-refractivity contribution in [2.24, 2.45) is 0 Å². The van der Waals surface area contributed by atoms with Crippen LogP contribution in [0.15, 0.2) is 24.3 Å². The highest BCUT2D eigenvalue weighted by molar-refractivity contribution is 7.88. The third-order valence-corrected chi connectivity index (χ3v) is 6.17. The van der Waals surface area contributed by atoms with Gasteiger partial charge in [-0.15, -0.1) is 0 Å². The zero-order valence-electron chi connectivity index (χ0n) is 13.8. The fourth-order valence-corrected chi connectivity index (χ4v) is 4.70. The SMILES string of the molecule is CCC1CCCCN1CCCNS(=O)(=O)Cc1ccccc1Cl. The van der Waals surface area contributed by atoms with Crippen molar-refractivity contribution in [3.63, 3.8) is 0 Å². The maximum atomic E-state index is 12.1. The van der Waals surface area contributed by atoms with Gasteiger partial charge < -0.3 is 4.90 Å². The van der Waals surface area contributed by atoms with E-state index in [2.05, 4.69) is 16.5 Å². The fourth-order valence-electron chi connectivity index (χ4n) is 3.20. The highest BCUT2D eigenvalue weighted by atomic mass is 35.5. The average Bonchev–Trinajstić information content (AvgIpc) is 2.54. The van der Waals surface area contributed by atoms with Crippen LogP contribution in [0.4, 0.5) is 0 Å². The summed E-state index contributed by atoms with van der Waals surface area (Å²) in [5.41, 5.74) is 0.642. The Balaban J connectivity index is 1.75. The van der Waals surface area contributed by atoms with Gasteiger partial charge in [-0.1, -0.05) is 43.1 Å². The van der Waals surface area contributed by atoms with Crippen molar-refractivity contribution in [2.75, 3.05) is 19.6 Å². The van der Waals surface area contributed by atoms with E-state index in [1.165, 1.54) is 25.7 Å². The Kier molecular flexibility index (Phi) is 7.34. The first kappa shape index (κ1) is 18.7. The molecular formula is C17H27ClN2O2S. The predicted octanol–water partition coefficient (Wildman–Crippen LogP) is 3.41. The van der Waals surface area contributed by atoms with Gasteiger partial charge in [0.2, 0.25) is 10.0 Å². The minimum Gasteiger partial charge on any atom is -0.300 e. The van der Waals surface area contributed by atoms with Gasteiger partial charge >= 0.3 is 0 Å². The first-order valence-electron chi connectivity index (χ1n) is 8.46. The van der Waals surface area contributed by atoms with E-state index in [-0.39, 0.29) is 5.75 Å². The summed E-state index contributed by atoms with van der Waals surface area (Å²) in [6.07, 6.45) is 5.87. The summed E-state index contributed by atoms with van der Waals surface area (Å²) < 4.78 is 27.0. The maximum Gasteiger partial charge on any atom is 0.215 e. The standard InChI is InChI=1S/C17H27ClN2O2S/c1-2-16-9-5-6-12-20(16)13-7-11-19-23(21,22)14-15-8-3-4-10-17(15)18/h3-4,8,10,16,19H,2,5-7,9,11-14H2,1H3. The number of nitrogens with one attached hydrogen (secondary N) is 1. The molecule has 1 N–H and O–H groups in total. The molecule has 0 amide bonds.